The summed E-state index contributed by atoms with van der Waals surface area (Å²) in [5, 5.41) is 10.8. The van der Waals surface area contributed by atoms with Gasteiger partial charge in [-0.15, -0.1) is 0 Å². The first-order chi connectivity index (χ1) is 7.41. The van der Waals surface area contributed by atoms with Gasteiger partial charge in [0.15, 0.2) is 0 Å². The summed E-state index contributed by atoms with van der Waals surface area (Å²) in [6, 6.07) is 7.25. The van der Waals surface area contributed by atoms with E-state index >= 15 is 0 Å². The zero-order valence-electron chi connectivity index (χ0n) is 9.66. The van der Waals surface area contributed by atoms with Gasteiger partial charge in [-0.2, -0.15) is 0 Å². The van der Waals surface area contributed by atoms with Crippen LogP contribution in [0.1, 0.15) is 26.3 Å². The third kappa shape index (κ3) is 1.58. The first kappa shape index (κ1) is 10.7. The Hall–Kier alpha value is -1.77. The second kappa shape index (κ2) is 3.37. The van der Waals surface area contributed by atoms with Crippen molar-refractivity contribution in [2.45, 2.75) is 26.2 Å². The number of hydrogen-bond acceptors (Lipinski definition) is 2. The van der Waals surface area contributed by atoms with Crippen LogP contribution in [0.25, 0.3) is 10.9 Å². The number of H-pyrrole nitrogens is 1. The van der Waals surface area contributed by atoms with Crippen molar-refractivity contribution in [2.75, 3.05) is 0 Å². The van der Waals surface area contributed by atoms with E-state index in [-0.39, 0.29) is 16.7 Å². The summed E-state index contributed by atoms with van der Waals surface area (Å²) in [7, 11) is 0. The normalized spacial score (nSPS) is 11.9. The van der Waals surface area contributed by atoms with Crippen LogP contribution < -0.4 is 5.56 Å². The lowest BCUT2D eigenvalue weighted by atomic mass is 9.86. The number of fused-ring (bicyclic) bond motifs is 1. The average molecular weight is 217 g/mol. The van der Waals surface area contributed by atoms with Crippen molar-refractivity contribution in [3.8, 4) is 5.75 Å². The van der Waals surface area contributed by atoms with Gasteiger partial charge in [-0.05, 0) is 17.5 Å². The molecule has 0 bridgehead atoms. The predicted octanol–water partition coefficient (Wildman–Crippen LogP) is 2.53. The van der Waals surface area contributed by atoms with Crippen molar-refractivity contribution in [2.24, 2.45) is 0 Å². The molecule has 2 rings (SSSR count). The van der Waals surface area contributed by atoms with E-state index < -0.39 is 0 Å². The maximum atomic E-state index is 11.9. The monoisotopic (exact) mass is 217 g/mol. The average Bonchev–Trinajstić information content (AvgIpc) is 2.15. The molecule has 16 heavy (non-hydrogen) atoms. The summed E-state index contributed by atoms with van der Waals surface area (Å²) in [5.41, 5.74) is 0.509. The Morgan fingerprint density at radius 1 is 1.19 bits per heavy atom. The summed E-state index contributed by atoms with van der Waals surface area (Å²) in [6.07, 6.45) is 0. The van der Waals surface area contributed by atoms with Crippen molar-refractivity contribution < 1.29 is 5.11 Å². The lowest BCUT2D eigenvalue weighted by Gasteiger charge is -2.19. The van der Waals surface area contributed by atoms with E-state index in [9.17, 15) is 9.90 Å². The van der Waals surface area contributed by atoms with Crippen LogP contribution in [-0.4, -0.2) is 10.1 Å². The summed E-state index contributed by atoms with van der Waals surface area (Å²) < 4.78 is 0. The minimum Gasteiger partial charge on any atom is -0.507 e. The maximum Gasteiger partial charge on any atom is 0.255 e. The molecular formula is C13H15NO2. The molecule has 0 fully saturated rings. The van der Waals surface area contributed by atoms with Crippen LogP contribution in [0.5, 0.6) is 5.75 Å². The molecular weight excluding hydrogens is 202 g/mol. The van der Waals surface area contributed by atoms with Gasteiger partial charge in [-0.1, -0.05) is 32.9 Å². The molecule has 0 atom stereocenters. The Labute approximate surface area is 93.7 Å². The molecule has 0 unspecified atom stereocenters. The van der Waals surface area contributed by atoms with E-state index in [0.29, 0.717) is 16.5 Å². The van der Waals surface area contributed by atoms with E-state index in [1.807, 2.05) is 32.9 Å². The molecule has 3 heteroatoms. The molecule has 0 saturated carbocycles. The minimum absolute atomic E-state index is 0.0897. The fourth-order valence-electron chi connectivity index (χ4n) is 1.92. The van der Waals surface area contributed by atoms with E-state index in [1.165, 1.54) is 0 Å². The molecule has 3 nitrogen and oxygen atoms in total. The molecule has 1 aromatic carbocycles. The Kier molecular flexibility index (Phi) is 2.26. The van der Waals surface area contributed by atoms with Gasteiger partial charge in [0.2, 0.25) is 0 Å². The van der Waals surface area contributed by atoms with Gasteiger partial charge >= 0.3 is 0 Å². The smallest absolute Gasteiger partial charge is 0.255 e. The molecule has 0 radical (unpaired) electrons. The maximum absolute atomic E-state index is 11.9. The van der Waals surface area contributed by atoms with Crippen LogP contribution in [0.2, 0.25) is 0 Å². The van der Waals surface area contributed by atoms with E-state index in [0.717, 1.165) is 0 Å². The minimum atomic E-state index is -0.373. The van der Waals surface area contributed by atoms with Crippen LogP contribution in [0.3, 0.4) is 0 Å². The van der Waals surface area contributed by atoms with Gasteiger partial charge in [0.25, 0.3) is 5.56 Å². The first-order valence-electron chi connectivity index (χ1n) is 5.26. The molecule has 0 aliphatic heterocycles. The van der Waals surface area contributed by atoms with Crippen LogP contribution in [0, 0.1) is 0 Å². The van der Waals surface area contributed by atoms with Crippen LogP contribution in [0.4, 0.5) is 0 Å². The first-order valence-corrected chi connectivity index (χ1v) is 5.26. The van der Waals surface area contributed by atoms with Gasteiger partial charge in [-0.3, -0.25) is 4.79 Å². The van der Waals surface area contributed by atoms with Gasteiger partial charge in [0, 0.05) is 5.39 Å². The second-order valence-electron chi connectivity index (χ2n) is 4.97. The third-order valence-electron chi connectivity index (χ3n) is 2.64. The third-order valence-corrected chi connectivity index (χ3v) is 2.64. The van der Waals surface area contributed by atoms with Gasteiger partial charge in [0.1, 0.15) is 5.75 Å². The summed E-state index contributed by atoms with van der Waals surface area (Å²) in [5.74, 6) is 0.0897. The van der Waals surface area contributed by atoms with Crippen LogP contribution in [0.15, 0.2) is 29.1 Å². The molecule has 2 N–H and O–H groups in total. The van der Waals surface area contributed by atoms with Crippen molar-refractivity contribution >= 4 is 10.9 Å². The lowest BCUT2D eigenvalue weighted by Crippen LogP contribution is -2.24. The number of benzene rings is 1. The van der Waals surface area contributed by atoms with Crippen LogP contribution in [-0.2, 0) is 5.41 Å². The number of pyridine rings is 1. The van der Waals surface area contributed by atoms with E-state index in [4.69, 9.17) is 0 Å². The topological polar surface area (TPSA) is 53.1 Å². The van der Waals surface area contributed by atoms with Crippen molar-refractivity contribution in [3.05, 3.63) is 40.2 Å². The number of aromatic hydroxyl groups is 1. The van der Waals surface area contributed by atoms with Gasteiger partial charge in [0.05, 0.1) is 11.1 Å². The second-order valence-corrected chi connectivity index (χ2v) is 4.97. The molecule has 0 spiro atoms. The highest BCUT2D eigenvalue weighted by Gasteiger charge is 2.23. The fraction of sp³-hybridized carbons (Fsp3) is 0.308. The molecule has 0 aliphatic carbocycles. The van der Waals surface area contributed by atoms with Gasteiger partial charge < -0.3 is 10.1 Å². The Morgan fingerprint density at radius 3 is 2.44 bits per heavy atom. The Morgan fingerprint density at radius 2 is 1.81 bits per heavy atom. The lowest BCUT2D eigenvalue weighted by molar-refractivity contribution is 0.449. The van der Waals surface area contributed by atoms with Gasteiger partial charge in [-0.25, -0.2) is 0 Å². The molecule has 84 valence electrons. The molecule has 1 heterocycles. The van der Waals surface area contributed by atoms with Crippen molar-refractivity contribution in [3.63, 3.8) is 0 Å². The number of hydrogen-bond donors (Lipinski definition) is 2. The number of aromatic nitrogens is 1. The standard InChI is InChI=1S/C13H15NO2/c1-13(2,3)10-11(15)8-6-4-5-7-9(8)14-12(10)16/h4-7H,1-3H3,(H2,14,15,16). The zero-order chi connectivity index (χ0) is 11.9. The van der Waals surface area contributed by atoms with Crippen molar-refractivity contribution in [1.29, 1.82) is 0 Å². The van der Waals surface area contributed by atoms with Crippen LogP contribution >= 0.6 is 0 Å². The highest BCUT2D eigenvalue weighted by Crippen LogP contribution is 2.32. The largest absolute Gasteiger partial charge is 0.507 e. The van der Waals surface area contributed by atoms with Crippen molar-refractivity contribution in [1.82, 2.24) is 4.98 Å². The Balaban J connectivity index is 2.92. The highest BCUT2D eigenvalue weighted by atomic mass is 16.3. The molecule has 0 amide bonds. The summed E-state index contributed by atoms with van der Waals surface area (Å²) in [6.45, 7) is 5.73. The molecule has 0 aliphatic rings. The highest BCUT2D eigenvalue weighted by molar-refractivity contribution is 5.85. The number of nitrogens with one attached hydrogen (secondary N) is 1. The molecule has 0 saturated heterocycles. The summed E-state index contributed by atoms with van der Waals surface area (Å²) in [4.78, 5) is 14.7. The molecule has 1 aromatic heterocycles. The summed E-state index contributed by atoms with van der Waals surface area (Å²) >= 11 is 0. The number of para-hydroxylation sites is 1. The zero-order valence-corrected chi connectivity index (χ0v) is 9.66. The molecule has 2 aromatic rings. The Bertz CT molecular complexity index is 591. The quantitative estimate of drug-likeness (QED) is 0.712. The number of rotatable bonds is 0. The predicted molar refractivity (Wildman–Crippen MR) is 64.9 cm³/mol. The fourth-order valence-corrected chi connectivity index (χ4v) is 1.92. The number of aromatic amines is 1. The van der Waals surface area contributed by atoms with E-state index in [2.05, 4.69) is 4.98 Å². The SMILES string of the molecule is CC(C)(C)c1c(O)c2ccccc2[nH]c1=O. The van der Waals surface area contributed by atoms with E-state index in [1.54, 1.807) is 12.1 Å².